The lowest BCUT2D eigenvalue weighted by atomic mass is 10.1. The first-order valence-corrected chi connectivity index (χ1v) is 13.6. The Labute approximate surface area is 218 Å². The van der Waals surface area contributed by atoms with Crippen LogP contribution in [-0.4, -0.2) is 49.3 Å². The summed E-state index contributed by atoms with van der Waals surface area (Å²) in [6.07, 6.45) is 11.8. The van der Waals surface area contributed by atoms with Gasteiger partial charge in [0.15, 0.2) is 0 Å². The zero-order valence-corrected chi connectivity index (χ0v) is 21.5. The average molecular weight is 498 g/mol. The first-order chi connectivity index (χ1) is 18.1. The maximum atomic E-state index is 13.0. The molecular weight excluding hydrogens is 462 g/mol. The van der Waals surface area contributed by atoms with Gasteiger partial charge in [-0.15, -0.1) is 0 Å². The average Bonchev–Trinajstić information content (AvgIpc) is 3.67. The fourth-order valence-electron chi connectivity index (χ4n) is 5.89. The molecule has 7 heteroatoms. The molecule has 0 spiro atoms. The quantitative estimate of drug-likeness (QED) is 0.340. The number of carbonyl (C=O) groups is 1. The van der Waals surface area contributed by atoms with Crippen molar-refractivity contribution in [2.75, 3.05) is 13.2 Å². The van der Waals surface area contributed by atoms with Crippen LogP contribution in [0.4, 0.5) is 0 Å². The van der Waals surface area contributed by atoms with Crippen LogP contribution in [0.25, 0.3) is 22.3 Å². The molecule has 0 N–H and O–H groups in total. The number of likely N-dealkylation sites (tertiary alicyclic amines) is 1. The van der Waals surface area contributed by atoms with E-state index in [1.807, 2.05) is 35.3 Å². The fourth-order valence-corrected chi connectivity index (χ4v) is 5.89. The van der Waals surface area contributed by atoms with Crippen LogP contribution in [0.2, 0.25) is 0 Å². The Balaban J connectivity index is 1.10. The Bertz CT molecular complexity index is 1350. The van der Waals surface area contributed by atoms with Gasteiger partial charge in [-0.2, -0.15) is 5.10 Å². The number of hydrogen-bond acceptors (Lipinski definition) is 4. The summed E-state index contributed by atoms with van der Waals surface area (Å²) in [5, 5.41) is 4.54. The number of aryl methyl sites for hydroxylation is 1. The van der Waals surface area contributed by atoms with Crippen molar-refractivity contribution in [3.63, 3.8) is 0 Å². The highest BCUT2D eigenvalue weighted by molar-refractivity contribution is 5.79. The molecule has 0 bridgehead atoms. The minimum Gasteiger partial charge on any atom is -0.357 e. The van der Waals surface area contributed by atoms with E-state index in [1.54, 1.807) is 0 Å². The molecule has 37 heavy (non-hydrogen) atoms. The maximum Gasteiger partial charge on any atom is 0.223 e. The SMILES string of the molecule is C[C@H]1C[C@H](Cn2ccc3nc(-c4cnn(C5CCCCO5)c4)ccc32)CN1C(=O)CCc1ccccc1. The summed E-state index contributed by atoms with van der Waals surface area (Å²) in [5.74, 6) is 0.710. The summed E-state index contributed by atoms with van der Waals surface area (Å²) >= 11 is 0. The van der Waals surface area contributed by atoms with Gasteiger partial charge in [0.2, 0.25) is 5.91 Å². The van der Waals surface area contributed by atoms with E-state index in [9.17, 15) is 4.79 Å². The smallest absolute Gasteiger partial charge is 0.223 e. The number of rotatable bonds is 7. The van der Waals surface area contributed by atoms with E-state index in [-0.39, 0.29) is 18.2 Å². The molecule has 3 atom stereocenters. The van der Waals surface area contributed by atoms with Gasteiger partial charge >= 0.3 is 0 Å². The molecule has 7 nitrogen and oxygen atoms in total. The van der Waals surface area contributed by atoms with Crippen molar-refractivity contribution in [1.82, 2.24) is 24.2 Å². The van der Waals surface area contributed by atoms with Crippen molar-refractivity contribution in [2.45, 2.75) is 64.3 Å². The van der Waals surface area contributed by atoms with E-state index >= 15 is 0 Å². The lowest BCUT2D eigenvalue weighted by molar-refractivity contribution is -0.131. The van der Waals surface area contributed by atoms with Crippen LogP contribution in [0.1, 0.15) is 50.8 Å². The van der Waals surface area contributed by atoms with E-state index < -0.39 is 0 Å². The minimum absolute atomic E-state index is 0.0332. The predicted molar refractivity (Wildman–Crippen MR) is 144 cm³/mol. The Hall–Kier alpha value is -3.45. The summed E-state index contributed by atoms with van der Waals surface area (Å²) in [4.78, 5) is 20.0. The van der Waals surface area contributed by atoms with E-state index in [0.717, 1.165) is 67.7 Å². The van der Waals surface area contributed by atoms with E-state index in [1.165, 1.54) is 12.0 Å². The second kappa shape index (κ2) is 10.5. The molecule has 2 fully saturated rings. The van der Waals surface area contributed by atoms with Gasteiger partial charge in [-0.05, 0) is 68.7 Å². The molecule has 0 radical (unpaired) electrons. The number of carbonyl (C=O) groups excluding carboxylic acids is 1. The van der Waals surface area contributed by atoms with E-state index in [4.69, 9.17) is 9.72 Å². The van der Waals surface area contributed by atoms with Crippen molar-refractivity contribution in [3.8, 4) is 11.3 Å². The number of nitrogens with zero attached hydrogens (tertiary/aromatic N) is 5. The van der Waals surface area contributed by atoms with Gasteiger partial charge in [0.05, 0.1) is 22.9 Å². The molecule has 192 valence electrons. The standard InChI is InChI=1S/C30H35N5O2/c1-22-17-24(20-34(22)29(36)13-10-23-7-3-2-4-8-23)19-33-15-14-27-28(33)12-11-26(32-27)25-18-31-35(21-25)30-9-5-6-16-37-30/h2-4,7-8,11-12,14-15,18,21-22,24,30H,5-6,9-10,13,16-17,19-20H2,1H3/t22-,24+,30?/m0/s1. The summed E-state index contributed by atoms with van der Waals surface area (Å²) in [6.45, 7) is 4.70. The highest BCUT2D eigenvalue weighted by atomic mass is 16.5. The fraction of sp³-hybridized carbons (Fsp3) is 0.433. The molecule has 2 aliphatic rings. The predicted octanol–water partition coefficient (Wildman–Crippen LogP) is 5.47. The van der Waals surface area contributed by atoms with Gasteiger partial charge in [0.1, 0.15) is 6.23 Å². The number of hydrogen-bond donors (Lipinski definition) is 0. The summed E-state index contributed by atoms with van der Waals surface area (Å²) in [7, 11) is 0. The minimum atomic E-state index is 0.0332. The Morgan fingerprint density at radius 3 is 2.84 bits per heavy atom. The topological polar surface area (TPSA) is 65.2 Å². The first kappa shape index (κ1) is 23.9. The van der Waals surface area contributed by atoms with Crippen LogP contribution in [0.3, 0.4) is 0 Å². The van der Waals surface area contributed by atoms with Crippen LogP contribution in [0.5, 0.6) is 0 Å². The number of benzene rings is 1. The molecule has 1 unspecified atom stereocenters. The molecular formula is C30H35N5O2. The van der Waals surface area contributed by atoms with Crippen LogP contribution in [0, 0.1) is 5.92 Å². The van der Waals surface area contributed by atoms with Crippen LogP contribution in [-0.2, 0) is 22.5 Å². The second-order valence-electron chi connectivity index (χ2n) is 10.6. The summed E-state index contributed by atoms with van der Waals surface area (Å²) < 4.78 is 10.1. The summed E-state index contributed by atoms with van der Waals surface area (Å²) in [6, 6.07) is 16.9. The highest BCUT2D eigenvalue weighted by Crippen LogP contribution is 2.29. The van der Waals surface area contributed by atoms with Crippen molar-refractivity contribution >= 4 is 16.9 Å². The van der Waals surface area contributed by atoms with Crippen molar-refractivity contribution < 1.29 is 9.53 Å². The normalized spacial score (nSPS) is 22.1. The monoisotopic (exact) mass is 497 g/mol. The molecule has 1 amide bonds. The molecule has 4 aromatic rings. The number of amides is 1. The van der Waals surface area contributed by atoms with Crippen molar-refractivity contribution in [2.24, 2.45) is 5.92 Å². The van der Waals surface area contributed by atoms with Crippen LogP contribution >= 0.6 is 0 Å². The van der Waals surface area contributed by atoms with Gasteiger partial charge in [0.25, 0.3) is 0 Å². The Morgan fingerprint density at radius 2 is 2.00 bits per heavy atom. The lowest BCUT2D eigenvalue weighted by Gasteiger charge is -2.22. The summed E-state index contributed by atoms with van der Waals surface area (Å²) in [5.41, 5.74) is 5.28. The largest absolute Gasteiger partial charge is 0.357 e. The second-order valence-corrected chi connectivity index (χ2v) is 10.6. The van der Waals surface area contributed by atoms with Gasteiger partial charge < -0.3 is 14.2 Å². The molecule has 0 saturated carbocycles. The van der Waals surface area contributed by atoms with Crippen molar-refractivity contribution in [1.29, 1.82) is 0 Å². The lowest BCUT2D eigenvalue weighted by Crippen LogP contribution is -2.34. The third-order valence-corrected chi connectivity index (χ3v) is 7.88. The van der Waals surface area contributed by atoms with Gasteiger partial charge in [-0.25, -0.2) is 9.67 Å². The number of fused-ring (bicyclic) bond motifs is 1. The van der Waals surface area contributed by atoms with E-state index in [0.29, 0.717) is 12.3 Å². The maximum absolute atomic E-state index is 13.0. The number of ether oxygens (including phenoxy) is 1. The molecule has 0 aliphatic carbocycles. The van der Waals surface area contributed by atoms with Crippen LogP contribution in [0.15, 0.2) is 67.1 Å². The third-order valence-electron chi connectivity index (χ3n) is 7.88. The molecule has 2 aliphatic heterocycles. The van der Waals surface area contributed by atoms with Crippen molar-refractivity contribution in [3.05, 3.63) is 72.7 Å². The van der Waals surface area contributed by atoms with Gasteiger partial charge in [-0.1, -0.05) is 30.3 Å². The molecule has 2 saturated heterocycles. The number of pyridine rings is 1. The molecule has 1 aromatic carbocycles. The van der Waals surface area contributed by atoms with Gasteiger partial charge in [-0.3, -0.25) is 4.79 Å². The van der Waals surface area contributed by atoms with Gasteiger partial charge in [0, 0.05) is 50.1 Å². The Kier molecular flexibility index (Phi) is 6.79. The zero-order valence-electron chi connectivity index (χ0n) is 21.5. The molecule has 3 aromatic heterocycles. The first-order valence-electron chi connectivity index (χ1n) is 13.6. The molecule has 6 rings (SSSR count). The highest BCUT2D eigenvalue weighted by Gasteiger charge is 2.32. The van der Waals surface area contributed by atoms with Crippen LogP contribution < -0.4 is 0 Å². The molecule has 5 heterocycles. The van der Waals surface area contributed by atoms with E-state index in [2.05, 4.69) is 58.0 Å². The number of aromatic nitrogens is 4. The zero-order chi connectivity index (χ0) is 25.2. The Morgan fingerprint density at radius 1 is 1.11 bits per heavy atom. The third kappa shape index (κ3) is 5.18.